The largest absolute Gasteiger partial charge is 0.505 e. The van der Waals surface area contributed by atoms with Crippen molar-refractivity contribution in [1.82, 2.24) is 20.1 Å². The number of hydrogen-bond donors (Lipinski definition) is 2. The van der Waals surface area contributed by atoms with E-state index >= 15 is 0 Å². The lowest BCUT2D eigenvalue weighted by atomic mass is 10.2. The number of carbonyl (C=O) groups excluding carboxylic acids is 1. The molecule has 3 rings (SSSR count). The first kappa shape index (κ1) is 18.8. The van der Waals surface area contributed by atoms with E-state index in [2.05, 4.69) is 15.4 Å². The minimum atomic E-state index is -0.467. The van der Waals surface area contributed by atoms with E-state index in [1.54, 1.807) is 18.2 Å². The standard InChI is InChI=1S/C16H10Cl4N4O2/c17-10-2-1-8(3-11(10)18)6-21-16(26)15-22-7-24(23-15)9-4-12(19)14(25)13(20)5-9/h1-5,7,25H,6H2,(H,21,26). The van der Waals surface area contributed by atoms with Crippen LogP contribution in [-0.4, -0.2) is 25.8 Å². The van der Waals surface area contributed by atoms with Crippen LogP contribution in [-0.2, 0) is 6.54 Å². The van der Waals surface area contributed by atoms with Gasteiger partial charge in [0.25, 0.3) is 5.91 Å². The second kappa shape index (κ2) is 7.72. The van der Waals surface area contributed by atoms with Gasteiger partial charge in [-0.05, 0) is 29.8 Å². The first-order chi connectivity index (χ1) is 12.3. The van der Waals surface area contributed by atoms with Crippen LogP contribution in [0.5, 0.6) is 5.75 Å². The fourth-order valence-corrected chi connectivity index (χ4v) is 2.88. The van der Waals surface area contributed by atoms with E-state index in [9.17, 15) is 9.90 Å². The van der Waals surface area contributed by atoms with Gasteiger partial charge in [0.2, 0.25) is 5.82 Å². The Labute approximate surface area is 168 Å². The van der Waals surface area contributed by atoms with Crippen molar-refractivity contribution in [2.75, 3.05) is 0 Å². The van der Waals surface area contributed by atoms with Gasteiger partial charge < -0.3 is 10.4 Å². The van der Waals surface area contributed by atoms with E-state index in [0.29, 0.717) is 15.7 Å². The van der Waals surface area contributed by atoms with Crippen LogP contribution >= 0.6 is 46.4 Å². The number of carbonyl (C=O) groups is 1. The zero-order valence-corrected chi connectivity index (χ0v) is 15.9. The average molecular weight is 432 g/mol. The minimum absolute atomic E-state index is 0.0367. The number of amides is 1. The van der Waals surface area contributed by atoms with Gasteiger partial charge in [0.1, 0.15) is 6.33 Å². The molecule has 0 radical (unpaired) electrons. The van der Waals surface area contributed by atoms with E-state index in [4.69, 9.17) is 46.4 Å². The molecule has 0 saturated carbocycles. The number of phenols is 1. The van der Waals surface area contributed by atoms with Gasteiger partial charge in [-0.2, -0.15) is 0 Å². The Kier molecular flexibility index (Phi) is 5.58. The number of nitrogens with one attached hydrogen (secondary N) is 1. The van der Waals surface area contributed by atoms with Gasteiger partial charge in [-0.15, -0.1) is 5.10 Å². The third-order valence-corrected chi connectivity index (χ3v) is 4.71. The van der Waals surface area contributed by atoms with Crippen molar-refractivity contribution in [3.05, 3.63) is 68.1 Å². The van der Waals surface area contributed by atoms with E-state index in [1.165, 1.54) is 23.1 Å². The lowest BCUT2D eigenvalue weighted by molar-refractivity contribution is 0.0940. The molecular formula is C16H10Cl4N4O2. The molecule has 0 aliphatic rings. The highest BCUT2D eigenvalue weighted by atomic mass is 35.5. The Morgan fingerprint density at radius 3 is 2.38 bits per heavy atom. The number of aromatic hydroxyl groups is 1. The van der Waals surface area contributed by atoms with Gasteiger partial charge in [0.05, 0.1) is 25.8 Å². The molecule has 0 bridgehead atoms. The molecule has 1 aromatic heterocycles. The van der Waals surface area contributed by atoms with Crippen LogP contribution in [0.2, 0.25) is 20.1 Å². The molecule has 2 aromatic carbocycles. The first-order valence-electron chi connectivity index (χ1n) is 7.17. The predicted molar refractivity (Wildman–Crippen MR) is 101 cm³/mol. The van der Waals surface area contributed by atoms with Crippen molar-refractivity contribution >= 4 is 52.3 Å². The SMILES string of the molecule is O=C(NCc1ccc(Cl)c(Cl)c1)c1ncn(-c2cc(Cl)c(O)c(Cl)c2)n1. The third kappa shape index (κ3) is 4.04. The smallest absolute Gasteiger partial charge is 0.291 e. The highest BCUT2D eigenvalue weighted by Gasteiger charge is 2.14. The average Bonchev–Trinajstić information content (AvgIpc) is 3.10. The quantitative estimate of drug-likeness (QED) is 0.636. The number of halogens is 4. The van der Waals surface area contributed by atoms with E-state index in [1.807, 2.05) is 0 Å². The molecule has 0 unspecified atom stereocenters. The molecule has 0 saturated heterocycles. The van der Waals surface area contributed by atoms with Gasteiger partial charge in [-0.1, -0.05) is 52.5 Å². The topological polar surface area (TPSA) is 80.0 Å². The predicted octanol–water partition coefficient (Wildman–Crippen LogP) is 4.52. The zero-order chi connectivity index (χ0) is 18.8. The Morgan fingerprint density at radius 2 is 1.73 bits per heavy atom. The van der Waals surface area contributed by atoms with Gasteiger partial charge >= 0.3 is 0 Å². The monoisotopic (exact) mass is 430 g/mol. The fraction of sp³-hybridized carbons (Fsp3) is 0.0625. The fourth-order valence-electron chi connectivity index (χ4n) is 2.09. The maximum atomic E-state index is 12.2. The molecule has 134 valence electrons. The lowest BCUT2D eigenvalue weighted by Crippen LogP contribution is -2.24. The molecule has 2 N–H and O–H groups in total. The van der Waals surface area contributed by atoms with Crippen molar-refractivity contribution in [3.63, 3.8) is 0 Å². The van der Waals surface area contributed by atoms with E-state index in [0.717, 1.165) is 5.56 Å². The molecular weight excluding hydrogens is 422 g/mol. The summed E-state index contributed by atoms with van der Waals surface area (Å²) in [5.41, 5.74) is 1.23. The number of aromatic nitrogens is 3. The van der Waals surface area contributed by atoms with Crippen molar-refractivity contribution in [2.45, 2.75) is 6.54 Å². The summed E-state index contributed by atoms with van der Waals surface area (Å²) in [4.78, 5) is 16.2. The molecule has 0 fully saturated rings. The Bertz CT molecular complexity index is 967. The van der Waals surface area contributed by atoms with Crippen LogP contribution < -0.4 is 5.32 Å². The summed E-state index contributed by atoms with van der Waals surface area (Å²) >= 11 is 23.6. The summed E-state index contributed by atoms with van der Waals surface area (Å²) in [6.07, 6.45) is 1.34. The molecule has 6 nitrogen and oxygen atoms in total. The molecule has 0 aliphatic heterocycles. The Balaban J connectivity index is 1.73. The Morgan fingerprint density at radius 1 is 1.04 bits per heavy atom. The maximum Gasteiger partial charge on any atom is 0.291 e. The van der Waals surface area contributed by atoms with Gasteiger partial charge in [-0.25, -0.2) is 9.67 Å². The van der Waals surface area contributed by atoms with Crippen molar-refractivity contribution in [2.24, 2.45) is 0 Å². The number of benzene rings is 2. The van der Waals surface area contributed by atoms with Crippen LogP contribution in [0.4, 0.5) is 0 Å². The van der Waals surface area contributed by atoms with Crippen LogP contribution in [0.1, 0.15) is 16.2 Å². The van der Waals surface area contributed by atoms with Crippen molar-refractivity contribution < 1.29 is 9.90 Å². The van der Waals surface area contributed by atoms with Crippen LogP contribution in [0.15, 0.2) is 36.7 Å². The zero-order valence-electron chi connectivity index (χ0n) is 12.9. The number of nitrogens with zero attached hydrogens (tertiary/aromatic N) is 3. The maximum absolute atomic E-state index is 12.2. The summed E-state index contributed by atoms with van der Waals surface area (Å²) in [6, 6.07) is 7.97. The number of hydrogen-bond acceptors (Lipinski definition) is 4. The second-order valence-electron chi connectivity index (χ2n) is 5.20. The highest BCUT2D eigenvalue weighted by molar-refractivity contribution is 6.42. The molecule has 1 amide bonds. The molecule has 26 heavy (non-hydrogen) atoms. The minimum Gasteiger partial charge on any atom is -0.505 e. The summed E-state index contributed by atoms with van der Waals surface area (Å²) in [5.74, 6) is -0.729. The summed E-state index contributed by atoms with van der Waals surface area (Å²) in [6.45, 7) is 0.237. The molecule has 0 spiro atoms. The molecule has 0 atom stereocenters. The molecule has 1 heterocycles. The summed E-state index contributed by atoms with van der Waals surface area (Å²) < 4.78 is 1.32. The van der Waals surface area contributed by atoms with Crippen LogP contribution in [0, 0.1) is 0 Å². The summed E-state index contributed by atoms with van der Waals surface area (Å²) in [5, 5.41) is 17.3. The molecule has 0 aliphatic carbocycles. The lowest BCUT2D eigenvalue weighted by Gasteiger charge is -2.05. The van der Waals surface area contributed by atoms with Gasteiger partial charge in [0, 0.05) is 6.54 Å². The Hall–Kier alpha value is -1.99. The normalized spacial score (nSPS) is 10.8. The second-order valence-corrected chi connectivity index (χ2v) is 6.83. The van der Waals surface area contributed by atoms with Crippen LogP contribution in [0.3, 0.4) is 0 Å². The van der Waals surface area contributed by atoms with Gasteiger partial charge in [0.15, 0.2) is 5.75 Å². The number of rotatable bonds is 4. The van der Waals surface area contributed by atoms with Crippen molar-refractivity contribution in [1.29, 1.82) is 0 Å². The van der Waals surface area contributed by atoms with Gasteiger partial charge in [-0.3, -0.25) is 4.79 Å². The third-order valence-electron chi connectivity index (χ3n) is 3.40. The first-order valence-corrected chi connectivity index (χ1v) is 8.68. The van der Waals surface area contributed by atoms with E-state index in [-0.39, 0.29) is 28.2 Å². The molecule has 3 aromatic rings. The number of phenolic OH excluding ortho intramolecular Hbond substituents is 1. The summed E-state index contributed by atoms with van der Waals surface area (Å²) in [7, 11) is 0. The van der Waals surface area contributed by atoms with Crippen molar-refractivity contribution in [3.8, 4) is 11.4 Å². The van der Waals surface area contributed by atoms with Crippen LogP contribution in [0.25, 0.3) is 5.69 Å². The van der Waals surface area contributed by atoms with E-state index < -0.39 is 5.91 Å². The highest BCUT2D eigenvalue weighted by Crippen LogP contribution is 2.33. The molecule has 10 heteroatoms.